The van der Waals surface area contributed by atoms with Crippen LogP contribution in [0.3, 0.4) is 0 Å². The fourth-order valence-electron chi connectivity index (χ4n) is 5.23. The molecule has 3 aromatic rings. The lowest BCUT2D eigenvalue weighted by molar-refractivity contribution is 0.0953. The summed E-state index contributed by atoms with van der Waals surface area (Å²) in [4.78, 5) is 33.1. The molecule has 10 heteroatoms. The van der Waals surface area contributed by atoms with E-state index in [0.29, 0.717) is 33.6 Å². The van der Waals surface area contributed by atoms with Crippen LogP contribution in [0.25, 0.3) is 10.9 Å². The Morgan fingerprint density at radius 3 is 2.50 bits per heavy atom. The zero-order valence-electron chi connectivity index (χ0n) is 21.5. The van der Waals surface area contributed by atoms with Crippen LogP contribution in [0.2, 0.25) is 0 Å². The van der Waals surface area contributed by atoms with Crippen LogP contribution < -0.4 is 15.8 Å². The number of aromatic amines is 1. The highest BCUT2D eigenvalue weighted by atomic mass is 32.2. The Hall–Kier alpha value is -3.08. The van der Waals surface area contributed by atoms with E-state index >= 15 is 0 Å². The first-order valence-electron chi connectivity index (χ1n) is 13.3. The number of carbonyl (C=O) groups is 1. The largest absolute Gasteiger partial charge is 0.367 e. The van der Waals surface area contributed by atoms with Crippen molar-refractivity contribution in [2.75, 3.05) is 57.3 Å². The van der Waals surface area contributed by atoms with Crippen LogP contribution in [0.1, 0.15) is 36.0 Å². The van der Waals surface area contributed by atoms with Crippen molar-refractivity contribution in [2.45, 2.75) is 30.6 Å². The summed E-state index contributed by atoms with van der Waals surface area (Å²) in [5.74, 6) is -0.507. The minimum absolute atomic E-state index is 0.194. The molecule has 8 nitrogen and oxygen atoms in total. The summed E-state index contributed by atoms with van der Waals surface area (Å²) in [6, 6.07) is 13.4. The molecule has 0 aliphatic carbocycles. The number of aromatic nitrogens is 1. The van der Waals surface area contributed by atoms with Gasteiger partial charge in [-0.2, -0.15) is 0 Å². The van der Waals surface area contributed by atoms with E-state index in [0.717, 1.165) is 71.5 Å². The molecule has 0 spiro atoms. The lowest BCUT2D eigenvalue weighted by Gasteiger charge is -2.36. The molecular weight excluding hydrogens is 505 g/mol. The van der Waals surface area contributed by atoms with Crippen LogP contribution in [0, 0.1) is 5.82 Å². The maximum absolute atomic E-state index is 14.1. The number of para-hydroxylation sites is 1. The van der Waals surface area contributed by atoms with Crippen molar-refractivity contribution in [3.05, 3.63) is 70.3 Å². The van der Waals surface area contributed by atoms with Gasteiger partial charge in [-0.25, -0.2) is 12.9 Å². The molecule has 202 valence electrons. The fourth-order valence-corrected chi connectivity index (χ4v) is 6.52. The number of amides is 1. The highest BCUT2D eigenvalue weighted by molar-refractivity contribution is 7.82. The van der Waals surface area contributed by atoms with Gasteiger partial charge in [0.2, 0.25) is 5.56 Å². The summed E-state index contributed by atoms with van der Waals surface area (Å²) in [5.41, 5.74) is 1.14. The van der Waals surface area contributed by atoms with Crippen molar-refractivity contribution in [1.82, 2.24) is 19.5 Å². The average Bonchev–Trinajstić information content (AvgIpc) is 2.95. The molecule has 0 bridgehead atoms. The maximum Gasteiger partial charge on any atom is 0.252 e. The van der Waals surface area contributed by atoms with Gasteiger partial charge in [0.25, 0.3) is 5.91 Å². The van der Waals surface area contributed by atoms with E-state index in [4.69, 9.17) is 0 Å². The zero-order valence-corrected chi connectivity index (χ0v) is 22.3. The molecule has 38 heavy (non-hydrogen) atoms. The number of fused-ring (bicyclic) bond motifs is 1. The van der Waals surface area contributed by atoms with Gasteiger partial charge >= 0.3 is 0 Å². The number of piperidine rings is 1. The zero-order chi connectivity index (χ0) is 26.5. The number of H-pyrrole nitrogens is 1. The number of anilines is 1. The number of rotatable bonds is 8. The minimum atomic E-state index is -1.30. The molecule has 2 saturated heterocycles. The molecule has 5 rings (SSSR count). The van der Waals surface area contributed by atoms with Gasteiger partial charge in [0.05, 0.1) is 16.1 Å². The van der Waals surface area contributed by atoms with Gasteiger partial charge in [-0.1, -0.05) is 18.6 Å². The lowest BCUT2D eigenvalue weighted by atomic mass is 10.1. The molecule has 0 radical (unpaired) electrons. The van der Waals surface area contributed by atoms with Gasteiger partial charge in [0.1, 0.15) is 16.8 Å². The van der Waals surface area contributed by atoms with Gasteiger partial charge < -0.3 is 15.2 Å². The first kappa shape index (κ1) is 26.5. The van der Waals surface area contributed by atoms with E-state index in [2.05, 4.69) is 20.1 Å². The smallest absolute Gasteiger partial charge is 0.252 e. The molecule has 2 aliphatic heterocycles. The maximum atomic E-state index is 14.1. The van der Waals surface area contributed by atoms with Crippen molar-refractivity contribution in [1.29, 1.82) is 0 Å². The van der Waals surface area contributed by atoms with Crippen molar-refractivity contribution < 1.29 is 13.4 Å². The molecule has 1 aromatic heterocycles. The summed E-state index contributed by atoms with van der Waals surface area (Å²) in [6.07, 6.45) is 3.97. The van der Waals surface area contributed by atoms with E-state index in [1.165, 1.54) is 12.1 Å². The van der Waals surface area contributed by atoms with Crippen LogP contribution in [0.5, 0.6) is 0 Å². The normalized spacial score (nSPS) is 18.0. The fraction of sp³-hybridized carbons (Fsp3) is 0.429. The topological polar surface area (TPSA) is 88.7 Å². The van der Waals surface area contributed by atoms with Crippen LogP contribution >= 0.6 is 0 Å². The highest BCUT2D eigenvalue weighted by Crippen LogP contribution is 2.23. The number of halogens is 1. The van der Waals surface area contributed by atoms with Gasteiger partial charge in [-0.3, -0.25) is 14.5 Å². The van der Waals surface area contributed by atoms with Crippen molar-refractivity contribution in [2.24, 2.45) is 0 Å². The highest BCUT2D eigenvalue weighted by Gasteiger charge is 2.21. The summed E-state index contributed by atoms with van der Waals surface area (Å²) >= 11 is 0. The number of benzene rings is 2. The SMILES string of the molecule is O=C(NCCCN1CCN(c2ccccc2F)CC1)c1cc(=O)[nH]c2ccc(S(=O)N3CCCCC3)cc12. The second-order valence-corrected chi connectivity index (χ2v) is 11.4. The van der Waals surface area contributed by atoms with Crippen LogP contribution in [0.15, 0.2) is 58.2 Å². The number of nitrogens with zero attached hydrogens (tertiary/aromatic N) is 3. The Morgan fingerprint density at radius 2 is 1.74 bits per heavy atom. The van der Waals surface area contributed by atoms with E-state index < -0.39 is 11.0 Å². The van der Waals surface area contributed by atoms with Crippen molar-refractivity contribution >= 4 is 33.5 Å². The quantitative estimate of drug-likeness (QED) is 0.430. The summed E-state index contributed by atoms with van der Waals surface area (Å²) in [5, 5.41) is 3.54. The molecular formula is C28H34FN5O3S. The monoisotopic (exact) mass is 539 g/mol. The van der Waals surface area contributed by atoms with Crippen LogP contribution in [-0.2, 0) is 11.0 Å². The second kappa shape index (κ2) is 12.2. The average molecular weight is 540 g/mol. The van der Waals surface area contributed by atoms with Gasteiger partial charge in [-0.15, -0.1) is 0 Å². The van der Waals surface area contributed by atoms with Crippen molar-refractivity contribution in [3.8, 4) is 0 Å². The summed E-state index contributed by atoms with van der Waals surface area (Å²) in [7, 11) is -1.30. The lowest BCUT2D eigenvalue weighted by Crippen LogP contribution is -2.47. The van der Waals surface area contributed by atoms with E-state index in [1.54, 1.807) is 24.3 Å². The number of piperazine rings is 1. The number of hydrogen-bond donors (Lipinski definition) is 2. The van der Waals surface area contributed by atoms with Gasteiger partial charge in [0, 0.05) is 62.8 Å². The molecule has 2 N–H and O–H groups in total. The number of carbonyl (C=O) groups excluding carboxylic acids is 1. The molecule has 1 amide bonds. The molecule has 2 aliphatic rings. The van der Waals surface area contributed by atoms with Crippen LogP contribution in [0.4, 0.5) is 10.1 Å². The predicted molar refractivity (Wildman–Crippen MR) is 148 cm³/mol. The third kappa shape index (κ3) is 6.14. The first-order valence-corrected chi connectivity index (χ1v) is 14.4. The van der Waals surface area contributed by atoms with Gasteiger partial charge in [-0.05, 0) is 56.1 Å². The van der Waals surface area contributed by atoms with Gasteiger partial charge in [0.15, 0.2) is 0 Å². The van der Waals surface area contributed by atoms with E-state index in [1.807, 2.05) is 16.4 Å². The minimum Gasteiger partial charge on any atom is -0.367 e. The standard InChI is InChI=1S/C28H34FN5O3S/c29-24-7-2-3-8-26(24)33-17-15-32(16-18-33)12-6-11-30-28(36)23-20-27(35)31-25-10-9-21(19-22(23)25)38(37)34-13-4-1-5-14-34/h2-3,7-10,19-20H,1,4-6,11-18H2,(H,30,36)(H,31,35). The number of hydrogen-bond acceptors (Lipinski definition) is 5. The Kier molecular flexibility index (Phi) is 8.51. The molecule has 1 atom stereocenters. The van der Waals surface area contributed by atoms with E-state index in [9.17, 15) is 18.2 Å². The summed E-state index contributed by atoms with van der Waals surface area (Å²) < 4.78 is 29.1. The third-order valence-electron chi connectivity index (χ3n) is 7.31. The number of nitrogens with one attached hydrogen (secondary N) is 2. The first-order chi connectivity index (χ1) is 18.5. The number of pyridine rings is 1. The van der Waals surface area contributed by atoms with E-state index in [-0.39, 0.29) is 17.3 Å². The predicted octanol–water partition coefficient (Wildman–Crippen LogP) is 3.12. The molecule has 2 fully saturated rings. The third-order valence-corrected chi connectivity index (χ3v) is 8.80. The Labute approximate surface area is 224 Å². The Balaban J connectivity index is 1.17. The molecule has 3 heterocycles. The molecule has 2 aromatic carbocycles. The van der Waals surface area contributed by atoms with Crippen molar-refractivity contribution in [3.63, 3.8) is 0 Å². The second-order valence-electron chi connectivity index (χ2n) is 9.88. The Bertz CT molecular complexity index is 1370. The Morgan fingerprint density at radius 1 is 0.974 bits per heavy atom. The van der Waals surface area contributed by atoms with Crippen LogP contribution in [-0.4, -0.2) is 76.7 Å². The molecule has 0 saturated carbocycles. The molecule has 1 unspecified atom stereocenters. The summed E-state index contributed by atoms with van der Waals surface area (Å²) in [6.45, 7) is 6.06.